The van der Waals surface area contributed by atoms with Crippen LogP contribution in [0, 0.1) is 5.92 Å². The topological polar surface area (TPSA) is 70.2 Å². The molecule has 3 heterocycles. The summed E-state index contributed by atoms with van der Waals surface area (Å²) in [5.41, 5.74) is 2.56. The largest absolute Gasteiger partial charge is 0.449 e. The van der Waals surface area contributed by atoms with Gasteiger partial charge in [0, 0.05) is 56.3 Å². The quantitative estimate of drug-likeness (QED) is 0.619. The van der Waals surface area contributed by atoms with Gasteiger partial charge in [0.1, 0.15) is 0 Å². The molecule has 0 N–H and O–H groups in total. The van der Waals surface area contributed by atoms with Gasteiger partial charge in [0.2, 0.25) is 11.8 Å². The zero-order chi connectivity index (χ0) is 25.1. The lowest BCUT2D eigenvalue weighted by Gasteiger charge is -2.37. The molecule has 0 unspecified atom stereocenters. The zero-order valence-corrected chi connectivity index (χ0v) is 21.0. The average molecular weight is 488 g/mol. The second-order valence-corrected chi connectivity index (χ2v) is 11.0. The summed E-state index contributed by atoms with van der Waals surface area (Å²) < 4.78 is 5.85. The molecule has 36 heavy (non-hydrogen) atoms. The molecule has 7 nitrogen and oxygen atoms in total. The molecule has 3 aliphatic heterocycles. The van der Waals surface area contributed by atoms with Crippen LogP contribution in [0.25, 0.3) is 0 Å². The number of rotatable bonds is 4. The van der Waals surface area contributed by atoms with E-state index in [1.807, 2.05) is 47.9 Å². The Morgan fingerprint density at radius 3 is 2.22 bits per heavy atom. The molecule has 3 fully saturated rings. The van der Waals surface area contributed by atoms with Crippen LogP contribution in [0.2, 0.25) is 0 Å². The smallest absolute Gasteiger partial charge is 0.339 e. The maximum Gasteiger partial charge on any atom is 0.339 e. The summed E-state index contributed by atoms with van der Waals surface area (Å²) in [6, 6.07) is 16.0. The van der Waals surface area contributed by atoms with E-state index in [4.69, 9.17) is 4.74 Å². The van der Waals surface area contributed by atoms with E-state index >= 15 is 0 Å². The normalized spacial score (nSPS) is 24.3. The standard InChI is InChI=1S/C29H33N3O4/c1-20(2)25(33)31-17-15-30(16-18-31)22-9-7-21(8-10-22)28(11-12-28)27(35)32-14-13-29(19-32)24-6-4-3-5-23(24)26(34)36-29/h3-10,20H,11-19H2,1-2H3/t29-/m0/s1. The predicted molar refractivity (Wildman–Crippen MR) is 136 cm³/mol. The van der Waals surface area contributed by atoms with Gasteiger partial charge in [-0.1, -0.05) is 44.2 Å². The Morgan fingerprint density at radius 1 is 0.861 bits per heavy atom. The highest BCUT2D eigenvalue weighted by molar-refractivity contribution is 5.96. The molecule has 2 aromatic carbocycles. The Bertz CT molecular complexity index is 1210. The van der Waals surface area contributed by atoms with E-state index in [1.165, 1.54) is 0 Å². The van der Waals surface area contributed by atoms with Crippen LogP contribution < -0.4 is 4.90 Å². The molecule has 1 saturated carbocycles. The van der Waals surface area contributed by atoms with Gasteiger partial charge in [-0.05, 0) is 36.6 Å². The molecule has 1 aliphatic carbocycles. The van der Waals surface area contributed by atoms with E-state index < -0.39 is 11.0 Å². The van der Waals surface area contributed by atoms with Crippen molar-refractivity contribution in [1.82, 2.24) is 9.80 Å². The molecule has 6 rings (SSSR count). The molecule has 0 bridgehead atoms. The summed E-state index contributed by atoms with van der Waals surface area (Å²) in [6.45, 7) is 8.04. The number of carbonyl (C=O) groups excluding carboxylic acids is 3. The Morgan fingerprint density at radius 2 is 1.56 bits per heavy atom. The minimum absolute atomic E-state index is 0.0315. The highest BCUT2D eigenvalue weighted by Crippen LogP contribution is 2.52. The predicted octanol–water partition coefficient (Wildman–Crippen LogP) is 3.32. The van der Waals surface area contributed by atoms with Gasteiger partial charge in [-0.2, -0.15) is 0 Å². The number of esters is 1. The number of amides is 2. The van der Waals surface area contributed by atoms with Gasteiger partial charge >= 0.3 is 5.97 Å². The van der Waals surface area contributed by atoms with Crippen LogP contribution in [0.1, 0.15) is 54.6 Å². The zero-order valence-electron chi connectivity index (χ0n) is 21.0. The van der Waals surface area contributed by atoms with Gasteiger partial charge in [-0.25, -0.2) is 4.79 Å². The van der Waals surface area contributed by atoms with E-state index in [0.717, 1.165) is 55.8 Å². The highest BCUT2D eigenvalue weighted by atomic mass is 16.6. The van der Waals surface area contributed by atoms with Crippen LogP contribution in [0.5, 0.6) is 0 Å². The Hall–Kier alpha value is -3.35. The van der Waals surface area contributed by atoms with Crippen LogP contribution in [0.15, 0.2) is 48.5 Å². The van der Waals surface area contributed by atoms with Crippen LogP contribution in [0.3, 0.4) is 0 Å². The van der Waals surface area contributed by atoms with Crippen molar-refractivity contribution in [3.8, 4) is 0 Å². The first-order valence-electron chi connectivity index (χ1n) is 13.1. The fraction of sp³-hybridized carbons (Fsp3) is 0.483. The van der Waals surface area contributed by atoms with Crippen molar-refractivity contribution >= 4 is 23.5 Å². The molecular weight excluding hydrogens is 454 g/mol. The van der Waals surface area contributed by atoms with Crippen molar-refractivity contribution in [3.05, 3.63) is 65.2 Å². The summed E-state index contributed by atoms with van der Waals surface area (Å²) in [7, 11) is 0. The Kier molecular flexibility index (Phi) is 5.36. The molecule has 0 radical (unpaired) electrons. The minimum Gasteiger partial charge on any atom is -0.449 e. The maximum absolute atomic E-state index is 13.7. The van der Waals surface area contributed by atoms with E-state index in [1.54, 1.807) is 0 Å². The third kappa shape index (κ3) is 3.59. The van der Waals surface area contributed by atoms with Crippen molar-refractivity contribution < 1.29 is 19.1 Å². The molecular formula is C29H33N3O4. The summed E-state index contributed by atoms with van der Waals surface area (Å²) in [4.78, 5) is 44.6. The van der Waals surface area contributed by atoms with Crippen LogP contribution >= 0.6 is 0 Å². The lowest BCUT2D eigenvalue weighted by atomic mass is 9.91. The van der Waals surface area contributed by atoms with Gasteiger partial charge in [-0.3, -0.25) is 9.59 Å². The number of nitrogens with zero attached hydrogens (tertiary/aromatic N) is 3. The van der Waals surface area contributed by atoms with Gasteiger partial charge in [0.05, 0.1) is 17.5 Å². The summed E-state index contributed by atoms with van der Waals surface area (Å²) in [5, 5.41) is 0. The van der Waals surface area contributed by atoms with Crippen molar-refractivity contribution in [2.45, 2.75) is 44.1 Å². The number of anilines is 1. The first-order valence-corrected chi connectivity index (χ1v) is 13.1. The minimum atomic E-state index is -0.706. The van der Waals surface area contributed by atoms with Crippen LogP contribution in [-0.4, -0.2) is 66.9 Å². The number of hydrogen-bond donors (Lipinski definition) is 0. The van der Waals surface area contributed by atoms with Gasteiger partial charge in [0.15, 0.2) is 5.60 Å². The molecule has 188 valence electrons. The van der Waals surface area contributed by atoms with Crippen molar-refractivity contribution in [2.75, 3.05) is 44.2 Å². The first-order chi connectivity index (χ1) is 17.3. The molecule has 2 aromatic rings. The number of likely N-dealkylation sites (tertiary alicyclic amines) is 1. The molecule has 2 saturated heterocycles. The van der Waals surface area contributed by atoms with Crippen molar-refractivity contribution in [2.24, 2.45) is 5.92 Å². The summed E-state index contributed by atoms with van der Waals surface area (Å²) in [6.07, 6.45) is 2.34. The Balaban J connectivity index is 1.13. The van der Waals surface area contributed by atoms with E-state index in [2.05, 4.69) is 29.2 Å². The highest BCUT2D eigenvalue weighted by Gasteiger charge is 2.57. The van der Waals surface area contributed by atoms with Gasteiger partial charge in [0.25, 0.3) is 0 Å². The average Bonchev–Trinajstić information content (AvgIpc) is 3.54. The Labute approximate surface area is 212 Å². The van der Waals surface area contributed by atoms with Crippen molar-refractivity contribution in [1.29, 1.82) is 0 Å². The fourth-order valence-corrected chi connectivity index (χ4v) is 6.20. The maximum atomic E-state index is 13.7. The number of carbonyl (C=O) groups is 3. The number of fused-ring (bicyclic) bond motifs is 2. The molecule has 1 spiro atoms. The number of hydrogen-bond acceptors (Lipinski definition) is 5. The first kappa shape index (κ1) is 23.1. The number of piperazine rings is 1. The lowest BCUT2D eigenvalue weighted by molar-refractivity contribution is -0.135. The van der Waals surface area contributed by atoms with E-state index in [9.17, 15) is 14.4 Å². The van der Waals surface area contributed by atoms with Gasteiger partial charge in [-0.15, -0.1) is 0 Å². The number of ether oxygens (including phenoxy) is 1. The summed E-state index contributed by atoms with van der Waals surface area (Å²) in [5.74, 6) is 0.113. The molecule has 2 amide bonds. The third-order valence-electron chi connectivity index (χ3n) is 8.47. The van der Waals surface area contributed by atoms with E-state index in [-0.39, 0.29) is 23.7 Å². The summed E-state index contributed by atoms with van der Waals surface area (Å²) >= 11 is 0. The SMILES string of the molecule is CC(C)C(=O)N1CCN(c2ccc(C3(C(=O)N4CC[C@@]5(C4)OC(=O)c4ccccc45)CC3)cc2)CC1. The number of benzene rings is 2. The second kappa shape index (κ2) is 8.36. The fourth-order valence-electron chi connectivity index (χ4n) is 6.20. The lowest BCUT2D eigenvalue weighted by Crippen LogP contribution is -2.49. The van der Waals surface area contributed by atoms with Gasteiger partial charge < -0.3 is 19.4 Å². The monoisotopic (exact) mass is 487 g/mol. The second-order valence-electron chi connectivity index (χ2n) is 11.0. The third-order valence-corrected chi connectivity index (χ3v) is 8.47. The van der Waals surface area contributed by atoms with Crippen molar-refractivity contribution in [3.63, 3.8) is 0 Å². The van der Waals surface area contributed by atoms with E-state index in [0.29, 0.717) is 25.1 Å². The van der Waals surface area contributed by atoms with Crippen LogP contribution in [0.4, 0.5) is 5.69 Å². The van der Waals surface area contributed by atoms with Crippen LogP contribution in [-0.2, 0) is 25.3 Å². The molecule has 1 atom stereocenters. The molecule has 4 aliphatic rings. The molecule has 0 aromatic heterocycles. The molecule has 7 heteroatoms.